The quantitative estimate of drug-likeness (QED) is 0.794. The predicted molar refractivity (Wildman–Crippen MR) is 52.0 cm³/mol. The van der Waals surface area contributed by atoms with Crippen molar-refractivity contribution in [2.75, 3.05) is 20.1 Å². The fraction of sp³-hybridized carbons (Fsp3) is 0.875. The molecule has 3 nitrogen and oxygen atoms in total. The summed E-state index contributed by atoms with van der Waals surface area (Å²) in [6.07, 6.45) is -2.85. The highest BCUT2D eigenvalue weighted by atomic mass is 35.5. The maximum Gasteiger partial charge on any atom is 0.406 e. The molecule has 1 saturated heterocycles. The van der Waals surface area contributed by atoms with E-state index in [9.17, 15) is 18.0 Å². The van der Waals surface area contributed by atoms with Gasteiger partial charge in [-0.15, -0.1) is 12.4 Å². The van der Waals surface area contributed by atoms with Crippen molar-refractivity contribution in [2.24, 2.45) is 0 Å². The topological polar surface area (TPSA) is 32.3 Å². The number of likely N-dealkylation sites (N-methyl/N-ethyl adjacent to an activating group) is 1. The molecule has 1 N–H and O–H groups in total. The first-order valence-electron chi connectivity index (χ1n) is 4.45. The molecule has 1 fully saturated rings. The minimum Gasteiger partial charge on any atom is -0.335 e. The summed E-state index contributed by atoms with van der Waals surface area (Å²) in [6, 6.07) is -0.428. The molecular weight excluding hydrogens is 233 g/mol. The normalized spacial score (nSPS) is 20.9. The van der Waals surface area contributed by atoms with Gasteiger partial charge in [-0.1, -0.05) is 0 Å². The first-order chi connectivity index (χ1) is 6.40. The standard InChI is InChI=1S/C8H13F3N2O.ClH/c1-13(5-8(9,10)11)7(14)6-3-2-4-12-6;/h6,12H,2-5H2,1H3;1H. The van der Waals surface area contributed by atoms with Crippen LogP contribution in [-0.4, -0.2) is 43.2 Å². The number of halogens is 4. The summed E-state index contributed by atoms with van der Waals surface area (Å²) in [4.78, 5) is 12.1. The van der Waals surface area contributed by atoms with Gasteiger partial charge >= 0.3 is 6.18 Å². The Balaban J connectivity index is 0.00000196. The molecule has 15 heavy (non-hydrogen) atoms. The zero-order valence-corrected chi connectivity index (χ0v) is 9.12. The Morgan fingerprint density at radius 2 is 2.13 bits per heavy atom. The third-order valence-corrected chi connectivity index (χ3v) is 2.15. The van der Waals surface area contributed by atoms with E-state index in [2.05, 4.69) is 5.32 Å². The summed E-state index contributed by atoms with van der Waals surface area (Å²) in [7, 11) is 1.18. The third-order valence-electron chi connectivity index (χ3n) is 2.15. The lowest BCUT2D eigenvalue weighted by Gasteiger charge is -2.22. The third kappa shape index (κ3) is 4.70. The first kappa shape index (κ1) is 14.5. The lowest BCUT2D eigenvalue weighted by molar-refractivity contribution is -0.159. The number of carbonyl (C=O) groups is 1. The smallest absolute Gasteiger partial charge is 0.335 e. The minimum absolute atomic E-state index is 0. The van der Waals surface area contributed by atoms with Gasteiger partial charge in [0.1, 0.15) is 6.54 Å². The van der Waals surface area contributed by atoms with Crippen LogP contribution < -0.4 is 5.32 Å². The van der Waals surface area contributed by atoms with Crippen LogP contribution in [0.25, 0.3) is 0 Å². The maximum atomic E-state index is 11.9. The van der Waals surface area contributed by atoms with E-state index in [1.54, 1.807) is 0 Å². The van der Waals surface area contributed by atoms with Crippen LogP contribution in [0.2, 0.25) is 0 Å². The Kier molecular flexibility index (Phi) is 5.37. The number of nitrogens with one attached hydrogen (secondary N) is 1. The highest BCUT2D eigenvalue weighted by Gasteiger charge is 2.34. The lowest BCUT2D eigenvalue weighted by atomic mass is 10.2. The molecule has 0 aromatic rings. The number of rotatable bonds is 2. The van der Waals surface area contributed by atoms with Gasteiger partial charge in [-0.2, -0.15) is 13.2 Å². The van der Waals surface area contributed by atoms with E-state index < -0.39 is 24.7 Å². The molecule has 1 aliphatic rings. The Morgan fingerprint density at radius 3 is 2.53 bits per heavy atom. The second kappa shape index (κ2) is 5.55. The monoisotopic (exact) mass is 246 g/mol. The number of alkyl halides is 3. The summed E-state index contributed by atoms with van der Waals surface area (Å²) in [5.41, 5.74) is 0. The molecule has 0 spiro atoms. The molecule has 1 unspecified atom stereocenters. The Morgan fingerprint density at radius 1 is 1.53 bits per heavy atom. The van der Waals surface area contributed by atoms with Crippen LogP contribution in [0.4, 0.5) is 13.2 Å². The van der Waals surface area contributed by atoms with Crippen LogP contribution in [0.15, 0.2) is 0 Å². The van der Waals surface area contributed by atoms with Crippen molar-refractivity contribution in [1.29, 1.82) is 0 Å². The average molecular weight is 247 g/mol. The second-order valence-corrected chi connectivity index (χ2v) is 3.46. The summed E-state index contributed by atoms with van der Waals surface area (Å²) >= 11 is 0. The Hall–Kier alpha value is -0.490. The first-order valence-corrected chi connectivity index (χ1v) is 4.45. The molecule has 1 rings (SSSR count). The Bertz CT molecular complexity index is 216. The minimum atomic E-state index is -4.32. The highest BCUT2D eigenvalue weighted by Crippen LogP contribution is 2.17. The van der Waals surface area contributed by atoms with E-state index >= 15 is 0 Å². The van der Waals surface area contributed by atoms with E-state index in [4.69, 9.17) is 0 Å². The van der Waals surface area contributed by atoms with Crippen LogP contribution >= 0.6 is 12.4 Å². The molecular formula is C8H14ClF3N2O. The van der Waals surface area contributed by atoms with E-state index in [0.717, 1.165) is 11.3 Å². The molecule has 1 heterocycles. The Labute approximate surface area is 92.4 Å². The van der Waals surface area contributed by atoms with E-state index in [0.29, 0.717) is 13.0 Å². The van der Waals surface area contributed by atoms with Gasteiger partial charge in [0.15, 0.2) is 0 Å². The zero-order valence-electron chi connectivity index (χ0n) is 8.30. The molecule has 0 aromatic heterocycles. The van der Waals surface area contributed by atoms with Crippen molar-refractivity contribution in [1.82, 2.24) is 10.2 Å². The van der Waals surface area contributed by atoms with Crippen molar-refractivity contribution in [2.45, 2.75) is 25.1 Å². The highest BCUT2D eigenvalue weighted by molar-refractivity contribution is 5.85. The number of nitrogens with zero attached hydrogens (tertiary/aromatic N) is 1. The van der Waals surface area contributed by atoms with Crippen molar-refractivity contribution < 1.29 is 18.0 Å². The molecule has 1 atom stereocenters. The molecule has 0 aromatic carbocycles. The van der Waals surface area contributed by atoms with Crippen molar-refractivity contribution in [3.05, 3.63) is 0 Å². The van der Waals surface area contributed by atoms with Crippen LogP contribution in [0, 0.1) is 0 Å². The summed E-state index contributed by atoms with van der Waals surface area (Å²) in [6.45, 7) is -0.472. The fourth-order valence-corrected chi connectivity index (χ4v) is 1.51. The van der Waals surface area contributed by atoms with Crippen LogP contribution in [-0.2, 0) is 4.79 Å². The van der Waals surface area contributed by atoms with E-state index in [1.165, 1.54) is 7.05 Å². The summed E-state index contributed by atoms with van der Waals surface area (Å²) < 4.78 is 35.8. The van der Waals surface area contributed by atoms with Gasteiger partial charge in [0.25, 0.3) is 0 Å². The zero-order chi connectivity index (χ0) is 10.8. The second-order valence-electron chi connectivity index (χ2n) is 3.46. The van der Waals surface area contributed by atoms with Gasteiger partial charge in [-0.3, -0.25) is 4.79 Å². The number of hydrogen-bond donors (Lipinski definition) is 1. The number of carbonyl (C=O) groups excluding carboxylic acids is 1. The van der Waals surface area contributed by atoms with Crippen LogP contribution in [0.5, 0.6) is 0 Å². The van der Waals surface area contributed by atoms with Gasteiger partial charge in [-0.05, 0) is 19.4 Å². The number of hydrogen-bond acceptors (Lipinski definition) is 2. The van der Waals surface area contributed by atoms with Gasteiger partial charge < -0.3 is 10.2 Å². The number of amides is 1. The largest absolute Gasteiger partial charge is 0.406 e. The maximum absolute atomic E-state index is 11.9. The summed E-state index contributed by atoms with van der Waals surface area (Å²) in [5.74, 6) is -0.472. The lowest BCUT2D eigenvalue weighted by Crippen LogP contribution is -2.45. The van der Waals surface area contributed by atoms with Gasteiger partial charge in [-0.25, -0.2) is 0 Å². The molecule has 0 saturated carbocycles. The summed E-state index contributed by atoms with van der Waals surface area (Å²) in [5, 5.41) is 2.86. The van der Waals surface area contributed by atoms with E-state index in [-0.39, 0.29) is 12.4 Å². The molecule has 1 amide bonds. The molecule has 90 valence electrons. The van der Waals surface area contributed by atoms with Gasteiger partial charge in [0, 0.05) is 7.05 Å². The van der Waals surface area contributed by atoms with Crippen LogP contribution in [0.3, 0.4) is 0 Å². The van der Waals surface area contributed by atoms with Crippen molar-refractivity contribution in [3.63, 3.8) is 0 Å². The molecule has 0 radical (unpaired) electrons. The molecule has 1 aliphatic heterocycles. The average Bonchev–Trinajstić information content (AvgIpc) is 2.51. The SMILES string of the molecule is CN(CC(F)(F)F)C(=O)C1CCCN1.Cl. The molecule has 7 heteroatoms. The fourth-order valence-electron chi connectivity index (χ4n) is 1.51. The van der Waals surface area contributed by atoms with Gasteiger partial charge in [0.2, 0.25) is 5.91 Å². The van der Waals surface area contributed by atoms with Crippen molar-refractivity contribution in [3.8, 4) is 0 Å². The molecule has 0 aliphatic carbocycles. The van der Waals surface area contributed by atoms with E-state index in [1.807, 2.05) is 0 Å². The van der Waals surface area contributed by atoms with Crippen molar-refractivity contribution >= 4 is 18.3 Å². The van der Waals surface area contributed by atoms with Gasteiger partial charge in [0.05, 0.1) is 6.04 Å². The predicted octanol–water partition coefficient (Wildman–Crippen LogP) is 1.18. The molecule has 0 bridgehead atoms. The van der Waals surface area contributed by atoms with Crippen LogP contribution in [0.1, 0.15) is 12.8 Å².